The van der Waals surface area contributed by atoms with Crippen molar-refractivity contribution < 1.29 is 4.74 Å². The Kier molecular flexibility index (Phi) is 9.83. The summed E-state index contributed by atoms with van der Waals surface area (Å²) in [5, 5.41) is 0. The average Bonchev–Trinajstić information content (AvgIpc) is 2.48. The summed E-state index contributed by atoms with van der Waals surface area (Å²) in [7, 11) is 8.52. The van der Waals surface area contributed by atoms with Gasteiger partial charge in [0.1, 0.15) is 0 Å². The van der Waals surface area contributed by atoms with Crippen LogP contribution in [0.5, 0.6) is 0 Å². The van der Waals surface area contributed by atoms with E-state index in [1.54, 1.807) is 0 Å². The first kappa shape index (κ1) is 20.0. The highest BCUT2D eigenvalue weighted by Crippen LogP contribution is 2.40. The summed E-state index contributed by atoms with van der Waals surface area (Å²) in [5.74, 6) is 1.06. The van der Waals surface area contributed by atoms with E-state index in [1.807, 2.05) is 27.7 Å². The first-order valence-corrected chi connectivity index (χ1v) is 8.65. The highest BCUT2D eigenvalue weighted by Gasteiger charge is 2.43. The van der Waals surface area contributed by atoms with Gasteiger partial charge in [0.05, 0.1) is 26.6 Å². The molecular weight excluding hydrogens is 245 g/mol. The third kappa shape index (κ3) is 4.49. The van der Waals surface area contributed by atoms with Crippen LogP contribution in [0, 0.1) is 5.92 Å². The molecule has 0 aromatic carbocycles. The van der Waals surface area contributed by atoms with Crippen LogP contribution < -0.4 is 0 Å². The first-order chi connectivity index (χ1) is 9.58. The summed E-state index contributed by atoms with van der Waals surface area (Å²) in [6, 6.07) is 0.655. The van der Waals surface area contributed by atoms with Crippen LogP contribution in [0.1, 0.15) is 67.2 Å². The van der Waals surface area contributed by atoms with Crippen molar-refractivity contribution in [1.29, 1.82) is 0 Å². The summed E-state index contributed by atoms with van der Waals surface area (Å²) in [6.07, 6.45) is 4.99. The van der Waals surface area contributed by atoms with Crippen molar-refractivity contribution in [3.05, 3.63) is 0 Å². The maximum atomic E-state index is 6.26. The highest BCUT2D eigenvalue weighted by atomic mass is 16.5. The van der Waals surface area contributed by atoms with Crippen molar-refractivity contribution in [3.63, 3.8) is 0 Å². The van der Waals surface area contributed by atoms with E-state index in [0.29, 0.717) is 17.8 Å². The molecular formula is C17H36BNO. The van der Waals surface area contributed by atoms with Gasteiger partial charge in [-0.05, 0) is 26.3 Å². The van der Waals surface area contributed by atoms with Crippen molar-refractivity contribution in [2.45, 2.75) is 84.6 Å². The molecule has 0 aromatic heterocycles. The molecule has 0 amide bonds. The van der Waals surface area contributed by atoms with E-state index >= 15 is 0 Å². The van der Waals surface area contributed by atoms with Gasteiger partial charge in [-0.1, -0.05) is 59.7 Å². The van der Waals surface area contributed by atoms with E-state index in [1.165, 1.54) is 25.7 Å². The number of nitrogens with zero attached hydrogens (tertiary/aromatic N) is 1. The van der Waals surface area contributed by atoms with Crippen LogP contribution in [0.15, 0.2) is 0 Å². The summed E-state index contributed by atoms with van der Waals surface area (Å²) in [4.78, 5) is 2.55. The van der Waals surface area contributed by atoms with Gasteiger partial charge in [0.25, 0.3) is 0 Å². The van der Waals surface area contributed by atoms with Gasteiger partial charge in [0, 0.05) is 6.04 Å². The minimum absolute atomic E-state index is 0.259. The Morgan fingerprint density at radius 3 is 2.10 bits per heavy atom. The topological polar surface area (TPSA) is 12.5 Å². The number of rotatable bonds is 3. The smallest absolute Gasteiger partial charge is 0.0704 e. The summed E-state index contributed by atoms with van der Waals surface area (Å²) in [5.41, 5.74) is 0.259. The predicted molar refractivity (Wildman–Crippen MR) is 90.6 cm³/mol. The molecule has 1 saturated carbocycles. The second-order valence-corrected chi connectivity index (χ2v) is 5.83. The molecule has 20 heavy (non-hydrogen) atoms. The van der Waals surface area contributed by atoms with Crippen molar-refractivity contribution in [3.8, 4) is 0 Å². The zero-order chi connectivity index (χ0) is 15.8. The highest BCUT2D eigenvalue weighted by molar-refractivity contribution is 6.11. The lowest BCUT2D eigenvalue weighted by Gasteiger charge is -2.53. The predicted octanol–water partition coefficient (Wildman–Crippen LogP) is 4.30. The zero-order valence-electron chi connectivity index (χ0n) is 14.9. The molecule has 3 unspecified atom stereocenters. The SMILES string of the molecule is CC.CC.[B]C1CCCC(N(C)C2(C)COC2)C1CC. The minimum Gasteiger partial charge on any atom is -0.377 e. The van der Waals surface area contributed by atoms with Gasteiger partial charge >= 0.3 is 0 Å². The van der Waals surface area contributed by atoms with E-state index in [0.717, 1.165) is 13.2 Å². The van der Waals surface area contributed by atoms with Gasteiger partial charge in [-0.25, -0.2) is 0 Å². The van der Waals surface area contributed by atoms with Crippen LogP contribution >= 0.6 is 0 Å². The van der Waals surface area contributed by atoms with Crippen LogP contribution in [-0.2, 0) is 4.74 Å². The molecule has 0 spiro atoms. The lowest BCUT2D eigenvalue weighted by molar-refractivity contribution is -0.144. The number of hydrogen-bond acceptors (Lipinski definition) is 2. The molecule has 1 aliphatic carbocycles. The summed E-state index contributed by atoms with van der Waals surface area (Å²) in [6.45, 7) is 14.3. The van der Waals surface area contributed by atoms with Crippen molar-refractivity contribution >= 4 is 7.85 Å². The number of likely N-dealkylation sites (N-methyl/N-ethyl adjacent to an activating group) is 1. The van der Waals surface area contributed by atoms with E-state index < -0.39 is 0 Å². The molecule has 0 N–H and O–H groups in total. The summed E-state index contributed by atoms with van der Waals surface area (Å²) < 4.78 is 5.37. The van der Waals surface area contributed by atoms with Gasteiger partial charge in [0.2, 0.25) is 0 Å². The first-order valence-electron chi connectivity index (χ1n) is 8.65. The van der Waals surface area contributed by atoms with E-state index in [2.05, 4.69) is 25.8 Å². The van der Waals surface area contributed by atoms with E-state index in [9.17, 15) is 0 Å². The zero-order valence-corrected chi connectivity index (χ0v) is 14.9. The van der Waals surface area contributed by atoms with E-state index in [4.69, 9.17) is 12.6 Å². The van der Waals surface area contributed by atoms with Crippen LogP contribution in [0.25, 0.3) is 0 Å². The van der Waals surface area contributed by atoms with Crippen molar-refractivity contribution in [1.82, 2.24) is 4.90 Å². The largest absolute Gasteiger partial charge is 0.377 e. The molecule has 3 heteroatoms. The molecule has 0 bridgehead atoms. The van der Waals surface area contributed by atoms with Gasteiger partial charge in [-0.15, -0.1) is 0 Å². The van der Waals surface area contributed by atoms with Crippen molar-refractivity contribution in [2.75, 3.05) is 20.3 Å². The monoisotopic (exact) mass is 281 g/mol. The Labute approximate surface area is 129 Å². The van der Waals surface area contributed by atoms with Crippen LogP contribution in [0.4, 0.5) is 0 Å². The molecule has 2 rings (SSSR count). The normalized spacial score (nSPS) is 31.3. The standard InChI is InChI=1S/C13H24BNO.2C2H6/c1-4-10-11(14)6-5-7-12(10)15(3)13(2)8-16-9-13;2*1-2/h10-12H,4-9H2,1-3H3;2*1-2H3. The van der Waals surface area contributed by atoms with Crippen LogP contribution in [0.2, 0.25) is 5.82 Å². The van der Waals surface area contributed by atoms with E-state index in [-0.39, 0.29) is 5.54 Å². The third-order valence-electron chi connectivity index (χ3n) is 4.73. The van der Waals surface area contributed by atoms with Crippen molar-refractivity contribution in [2.24, 2.45) is 5.92 Å². The second kappa shape index (κ2) is 9.84. The molecule has 1 saturated heterocycles. The Morgan fingerprint density at radius 2 is 1.70 bits per heavy atom. The fourth-order valence-corrected chi connectivity index (χ4v) is 3.33. The molecule has 118 valence electrons. The maximum Gasteiger partial charge on any atom is 0.0704 e. The van der Waals surface area contributed by atoms with Gasteiger partial charge < -0.3 is 4.74 Å². The molecule has 0 aromatic rings. The molecule has 3 atom stereocenters. The van der Waals surface area contributed by atoms with Gasteiger partial charge in [-0.3, -0.25) is 4.90 Å². The van der Waals surface area contributed by atoms with Crippen LogP contribution in [0.3, 0.4) is 0 Å². The quantitative estimate of drug-likeness (QED) is 0.715. The molecule has 2 aliphatic rings. The second-order valence-electron chi connectivity index (χ2n) is 5.83. The molecule has 2 fully saturated rings. The fourth-order valence-electron chi connectivity index (χ4n) is 3.33. The number of ether oxygens (including phenoxy) is 1. The lowest BCUT2D eigenvalue weighted by Crippen LogP contribution is -2.63. The Balaban J connectivity index is 0.000000829. The van der Waals surface area contributed by atoms with Gasteiger partial charge in [0.15, 0.2) is 0 Å². The molecule has 2 nitrogen and oxygen atoms in total. The Morgan fingerprint density at radius 1 is 1.15 bits per heavy atom. The van der Waals surface area contributed by atoms with Gasteiger partial charge in [-0.2, -0.15) is 0 Å². The minimum atomic E-state index is 0.259. The lowest BCUT2D eigenvalue weighted by atomic mass is 9.64. The maximum absolute atomic E-state index is 6.26. The number of hydrogen-bond donors (Lipinski definition) is 0. The molecule has 2 radical (unpaired) electrons. The summed E-state index contributed by atoms with van der Waals surface area (Å²) >= 11 is 0. The Hall–Kier alpha value is -0.0151. The molecule has 1 aliphatic heterocycles. The molecule has 1 heterocycles. The third-order valence-corrected chi connectivity index (χ3v) is 4.73. The fraction of sp³-hybridized carbons (Fsp3) is 1.00. The Bertz CT molecular complexity index is 243. The average molecular weight is 281 g/mol. The van der Waals surface area contributed by atoms with Crippen LogP contribution in [-0.4, -0.2) is 44.6 Å².